The summed E-state index contributed by atoms with van der Waals surface area (Å²) in [5, 5.41) is 2.75. The van der Waals surface area contributed by atoms with E-state index in [1.807, 2.05) is 48.1 Å². The SMILES string of the molecule is Cc1ccc(F)cc1NC(=O)c1cccc(-n2cccc2)c1. The molecule has 1 heterocycles. The van der Waals surface area contributed by atoms with Crippen LogP contribution in [0.1, 0.15) is 15.9 Å². The third-order valence-electron chi connectivity index (χ3n) is 3.46. The number of aryl methyl sites for hydroxylation is 1. The zero-order chi connectivity index (χ0) is 15.5. The minimum Gasteiger partial charge on any atom is -0.324 e. The Morgan fingerprint density at radius 3 is 2.59 bits per heavy atom. The van der Waals surface area contributed by atoms with Crippen LogP contribution in [0.25, 0.3) is 5.69 Å². The molecule has 0 aliphatic carbocycles. The molecule has 3 aromatic rings. The van der Waals surface area contributed by atoms with E-state index >= 15 is 0 Å². The molecule has 0 bridgehead atoms. The van der Waals surface area contributed by atoms with E-state index in [0.29, 0.717) is 11.3 Å². The number of aromatic nitrogens is 1. The molecule has 110 valence electrons. The van der Waals surface area contributed by atoms with Gasteiger partial charge in [-0.05, 0) is 55.0 Å². The minimum atomic E-state index is -0.373. The Morgan fingerprint density at radius 2 is 1.82 bits per heavy atom. The molecule has 0 saturated heterocycles. The van der Waals surface area contributed by atoms with Crippen LogP contribution in [-0.2, 0) is 0 Å². The van der Waals surface area contributed by atoms with Gasteiger partial charge in [-0.25, -0.2) is 4.39 Å². The van der Waals surface area contributed by atoms with Gasteiger partial charge in [0.15, 0.2) is 0 Å². The van der Waals surface area contributed by atoms with Crippen molar-refractivity contribution in [3.05, 3.63) is 83.9 Å². The predicted octanol–water partition coefficient (Wildman–Crippen LogP) is 4.18. The first kappa shape index (κ1) is 14.1. The van der Waals surface area contributed by atoms with E-state index in [2.05, 4.69) is 5.32 Å². The summed E-state index contributed by atoms with van der Waals surface area (Å²) in [6.45, 7) is 1.82. The quantitative estimate of drug-likeness (QED) is 0.772. The summed E-state index contributed by atoms with van der Waals surface area (Å²) in [5.74, 6) is -0.635. The molecule has 0 unspecified atom stereocenters. The molecule has 3 rings (SSSR count). The molecule has 4 heteroatoms. The summed E-state index contributed by atoms with van der Waals surface area (Å²) >= 11 is 0. The lowest BCUT2D eigenvalue weighted by Gasteiger charge is -2.10. The van der Waals surface area contributed by atoms with Crippen molar-refractivity contribution < 1.29 is 9.18 Å². The maximum absolute atomic E-state index is 13.3. The predicted molar refractivity (Wildman–Crippen MR) is 84.9 cm³/mol. The number of carbonyl (C=O) groups excluding carboxylic acids is 1. The number of amides is 1. The van der Waals surface area contributed by atoms with Gasteiger partial charge in [-0.15, -0.1) is 0 Å². The number of hydrogen-bond acceptors (Lipinski definition) is 1. The highest BCUT2D eigenvalue weighted by molar-refractivity contribution is 6.04. The van der Waals surface area contributed by atoms with Crippen LogP contribution < -0.4 is 5.32 Å². The number of rotatable bonds is 3. The number of nitrogens with zero attached hydrogens (tertiary/aromatic N) is 1. The Balaban J connectivity index is 1.86. The summed E-state index contributed by atoms with van der Waals surface area (Å²) in [7, 11) is 0. The minimum absolute atomic E-state index is 0.261. The van der Waals surface area contributed by atoms with E-state index in [4.69, 9.17) is 0 Å². The van der Waals surface area contributed by atoms with Crippen LogP contribution in [-0.4, -0.2) is 10.5 Å². The first-order chi connectivity index (χ1) is 10.6. The monoisotopic (exact) mass is 294 g/mol. The Kier molecular flexibility index (Phi) is 3.74. The molecule has 0 aliphatic heterocycles. The molecule has 1 aromatic heterocycles. The highest BCUT2D eigenvalue weighted by Crippen LogP contribution is 2.18. The van der Waals surface area contributed by atoms with Crippen LogP contribution in [0, 0.1) is 12.7 Å². The van der Waals surface area contributed by atoms with Crippen molar-refractivity contribution in [2.24, 2.45) is 0 Å². The molecular weight excluding hydrogens is 279 g/mol. The second-order valence-electron chi connectivity index (χ2n) is 5.05. The molecule has 1 N–H and O–H groups in total. The van der Waals surface area contributed by atoms with Gasteiger partial charge in [0.2, 0.25) is 0 Å². The zero-order valence-electron chi connectivity index (χ0n) is 12.1. The topological polar surface area (TPSA) is 34.0 Å². The highest BCUT2D eigenvalue weighted by atomic mass is 19.1. The molecule has 0 aliphatic rings. The largest absolute Gasteiger partial charge is 0.324 e. The third kappa shape index (κ3) is 2.91. The van der Waals surface area contributed by atoms with Gasteiger partial charge in [-0.1, -0.05) is 12.1 Å². The summed E-state index contributed by atoms with van der Waals surface area (Å²) in [6.07, 6.45) is 3.82. The Morgan fingerprint density at radius 1 is 1.05 bits per heavy atom. The zero-order valence-corrected chi connectivity index (χ0v) is 12.1. The molecule has 0 saturated carbocycles. The average Bonchev–Trinajstić information content (AvgIpc) is 3.05. The smallest absolute Gasteiger partial charge is 0.255 e. The van der Waals surface area contributed by atoms with Gasteiger partial charge in [0.25, 0.3) is 5.91 Å². The molecule has 2 aromatic carbocycles. The number of anilines is 1. The molecule has 0 fully saturated rings. The normalized spacial score (nSPS) is 10.5. The summed E-state index contributed by atoms with van der Waals surface area (Å²) < 4.78 is 15.2. The van der Waals surface area contributed by atoms with Gasteiger partial charge in [-0.2, -0.15) is 0 Å². The molecule has 22 heavy (non-hydrogen) atoms. The maximum Gasteiger partial charge on any atom is 0.255 e. The molecule has 0 spiro atoms. The van der Waals surface area contributed by atoms with E-state index in [9.17, 15) is 9.18 Å². The fourth-order valence-corrected chi connectivity index (χ4v) is 2.24. The molecular formula is C18H15FN2O. The van der Waals surface area contributed by atoms with Crippen molar-refractivity contribution in [1.29, 1.82) is 0 Å². The van der Waals surface area contributed by atoms with E-state index in [0.717, 1.165) is 11.3 Å². The number of hydrogen-bond donors (Lipinski definition) is 1. The van der Waals surface area contributed by atoms with Gasteiger partial charge >= 0.3 is 0 Å². The van der Waals surface area contributed by atoms with Crippen molar-refractivity contribution in [3.8, 4) is 5.69 Å². The van der Waals surface area contributed by atoms with Gasteiger partial charge < -0.3 is 9.88 Å². The number of carbonyl (C=O) groups is 1. The van der Waals surface area contributed by atoms with Gasteiger partial charge in [0.05, 0.1) is 0 Å². The first-order valence-electron chi connectivity index (χ1n) is 6.94. The van der Waals surface area contributed by atoms with Crippen molar-refractivity contribution >= 4 is 11.6 Å². The Bertz CT molecular complexity index is 810. The van der Waals surface area contributed by atoms with Crippen molar-refractivity contribution in [2.45, 2.75) is 6.92 Å². The van der Waals surface area contributed by atoms with E-state index < -0.39 is 0 Å². The second kappa shape index (κ2) is 5.85. The van der Waals surface area contributed by atoms with Crippen LogP contribution in [0.15, 0.2) is 67.0 Å². The Hall–Kier alpha value is -2.88. The van der Waals surface area contributed by atoms with Gasteiger partial charge in [0.1, 0.15) is 5.82 Å². The average molecular weight is 294 g/mol. The molecule has 1 amide bonds. The van der Waals surface area contributed by atoms with E-state index in [1.165, 1.54) is 12.1 Å². The van der Waals surface area contributed by atoms with Crippen LogP contribution in [0.4, 0.5) is 10.1 Å². The van der Waals surface area contributed by atoms with Crippen molar-refractivity contribution in [3.63, 3.8) is 0 Å². The Labute approximate surface area is 128 Å². The molecule has 0 atom stereocenters. The van der Waals surface area contributed by atoms with Crippen LogP contribution >= 0.6 is 0 Å². The van der Waals surface area contributed by atoms with Crippen molar-refractivity contribution in [2.75, 3.05) is 5.32 Å². The van der Waals surface area contributed by atoms with Gasteiger partial charge in [0, 0.05) is 29.3 Å². The van der Waals surface area contributed by atoms with Crippen LogP contribution in [0.2, 0.25) is 0 Å². The maximum atomic E-state index is 13.3. The lowest BCUT2D eigenvalue weighted by molar-refractivity contribution is 0.102. The number of nitrogens with one attached hydrogen (secondary N) is 1. The first-order valence-corrected chi connectivity index (χ1v) is 6.94. The summed E-state index contributed by atoms with van der Waals surface area (Å²) in [4.78, 5) is 12.4. The van der Waals surface area contributed by atoms with Crippen molar-refractivity contribution in [1.82, 2.24) is 4.57 Å². The number of benzene rings is 2. The fraction of sp³-hybridized carbons (Fsp3) is 0.0556. The van der Waals surface area contributed by atoms with Crippen LogP contribution in [0.3, 0.4) is 0 Å². The second-order valence-corrected chi connectivity index (χ2v) is 5.05. The number of halogens is 1. The van der Waals surface area contributed by atoms with Crippen LogP contribution in [0.5, 0.6) is 0 Å². The highest BCUT2D eigenvalue weighted by Gasteiger charge is 2.09. The summed E-state index contributed by atoms with van der Waals surface area (Å²) in [6, 6.07) is 15.4. The third-order valence-corrected chi connectivity index (χ3v) is 3.46. The summed E-state index contributed by atoms with van der Waals surface area (Å²) in [5.41, 5.74) is 2.72. The standard InChI is InChI=1S/C18H15FN2O/c1-13-7-8-15(19)12-17(13)20-18(22)14-5-4-6-16(11-14)21-9-2-3-10-21/h2-12H,1H3,(H,20,22). The van der Waals surface area contributed by atoms with E-state index in [-0.39, 0.29) is 11.7 Å². The van der Waals surface area contributed by atoms with Gasteiger partial charge in [-0.3, -0.25) is 4.79 Å². The molecule has 3 nitrogen and oxygen atoms in total. The molecule has 0 radical (unpaired) electrons. The lowest BCUT2D eigenvalue weighted by Crippen LogP contribution is -2.13. The lowest BCUT2D eigenvalue weighted by atomic mass is 10.1. The van der Waals surface area contributed by atoms with E-state index in [1.54, 1.807) is 18.2 Å². The fourth-order valence-electron chi connectivity index (χ4n) is 2.24.